The molecule has 0 bridgehead atoms. The summed E-state index contributed by atoms with van der Waals surface area (Å²) in [6.45, 7) is 1.15. The third kappa shape index (κ3) is 2.04. The Morgan fingerprint density at radius 1 is 1.58 bits per heavy atom. The molecule has 7 heteroatoms. The minimum absolute atomic E-state index is 0.0740. The van der Waals surface area contributed by atoms with Crippen molar-refractivity contribution in [3.8, 4) is 0 Å². The molecule has 1 aliphatic rings. The number of fused-ring (bicyclic) bond motifs is 1. The van der Waals surface area contributed by atoms with Gasteiger partial charge in [0, 0.05) is 43.4 Å². The molecule has 1 N–H and O–H groups in total. The van der Waals surface area contributed by atoms with Gasteiger partial charge in [-0.3, -0.25) is 14.0 Å². The molecule has 100 valence electrons. The fraction of sp³-hybridized carbons (Fsp3) is 0.417. The van der Waals surface area contributed by atoms with E-state index in [1.165, 1.54) is 21.9 Å². The van der Waals surface area contributed by atoms with E-state index in [0.717, 1.165) is 6.42 Å². The molecule has 0 aromatic carbocycles. The van der Waals surface area contributed by atoms with E-state index in [4.69, 9.17) is 5.11 Å². The first-order chi connectivity index (χ1) is 9.20. The predicted molar refractivity (Wildman–Crippen MR) is 70.4 cm³/mol. The van der Waals surface area contributed by atoms with Gasteiger partial charge in [-0.05, 0) is 6.42 Å². The maximum Gasteiger partial charge on any atom is 0.271 e. The van der Waals surface area contributed by atoms with Gasteiger partial charge < -0.3 is 10.0 Å². The van der Waals surface area contributed by atoms with E-state index in [1.54, 1.807) is 16.5 Å². The van der Waals surface area contributed by atoms with Crippen LogP contribution in [0.5, 0.6) is 0 Å². The van der Waals surface area contributed by atoms with Crippen LogP contribution >= 0.6 is 11.3 Å². The lowest BCUT2D eigenvalue weighted by molar-refractivity contribution is 0.0779. The second-order valence-corrected chi connectivity index (χ2v) is 5.49. The smallest absolute Gasteiger partial charge is 0.271 e. The number of amides is 1. The van der Waals surface area contributed by atoms with Gasteiger partial charge >= 0.3 is 0 Å². The van der Waals surface area contributed by atoms with Gasteiger partial charge in [-0.2, -0.15) is 0 Å². The van der Waals surface area contributed by atoms with Crippen molar-refractivity contribution in [2.24, 2.45) is 5.92 Å². The van der Waals surface area contributed by atoms with Crippen LogP contribution in [-0.2, 0) is 0 Å². The maximum absolute atomic E-state index is 12.3. The van der Waals surface area contributed by atoms with Crippen LogP contribution in [0.1, 0.15) is 16.8 Å². The molecule has 0 aliphatic carbocycles. The largest absolute Gasteiger partial charge is 0.396 e. The summed E-state index contributed by atoms with van der Waals surface area (Å²) in [6.07, 6.45) is 3.74. The zero-order valence-electron chi connectivity index (χ0n) is 10.2. The normalized spacial score (nSPS) is 19.2. The number of aromatic nitrogens is 2. The summed E-state index contributed by atoms with van der Waals surface area (Å²) in [4.78, 5) is 30.8. The van der Waals surface area contributed by atoms with E-state index in [-0.39, 0.29) is 29.6 Å². The molecule has 1 amide bonds. The lowest BCUT2D eigenvalue weighted by atomic mass is 10.1. The number of carbonyl (C=O) groups excluding carboxylic acids is 1. The third-order valence-electron chi connectivity index (χ3n) is 3.40. The number of aliphatic hydroxyl groups excluding tert-OH is 1. The highest BCUT2D eigenvalue weighted by Gasteiger charge is 2.28. The number of rotatable bonds is 2. The summed E-state index contributed by atoms with van der Waals surface area (Å²) in [5.41, 5.74) is -0.238. The molecule has 1 atom stereocenters. The van der Waals surface area contributed by atoms with Crippen molar-refractivity contribution in [2.45, 2.75) is 6.42 Å². The van der Waals surface area contributed by atoms with E-state index in [1.807, 2.05) is 0 Å². The van der Waals surface area contributed by atoms with Crippen molar-refractivity contribution in [1.82, 2.24) is 14.3 Å². The Labute approximate surface area is 112 Å². The average Bonchev–Trinajstić information content (AvgIpc) is 3.07. The summed E-state index contributed by atoms with van der Waals surface area (Å²) in [5.74, 6) is -0.182. The Bertz CT molecular complexity index is 678. The molecule has 1 unspecified atom stereocenters. The number of likely N-dealkylation sites (tertiary alicyclic amines) is 1. The Balaban J connectivity index is 1.94. The highest BCUT2D eigenvalue weighted by atomic mass is 32.1. The number of carbonyl (C=O) groups is 1. The topological polar surface area (TPSA) is 74.9 Å². The first-order valence-corrected chi connectivity index (χ1v) is 6.93. The van der Waals surface area contributed by atoms with E-state index < -0.39 is 0 Å². The monoisotopic (exact) mass is 279 g/mol. The standard InChI is InChI=1S/C12H13N3O3S/c16-7-8-1-2-14(6-8)10(17)9-5-13-12-15(11(9)18)3-4-19-12/h3-5,8,16H,1-2,6-7H2. The van der Waals surface area contributed by atoms with Crippen LogP contribution in [0.3, 0.4) is 0 Å². The predicted octanol–water partition coefficient (Wildman–Crippen LogP) is 0.210. The van der Waals surface area contributed by atoms with Crippen molar-refractivity contribution in [2.75, 3.05) is 19.7 Å². The molecule has 0 spiro atoms. The molecule has 0 saturated carbocycles. The summed E-state index contributed by atoms with van der Waals surface area (Å²) in [7, 11) is 0. The van der Waals surface area contributed by atoms with Gasteiger partial charge in [0.1, 0.15) is 5.56 Å². The zero-order chi connectivity index (χ0) is 13.4. The van der Waals surface area contributed by atoms with E-state index in [9.17, 15) is 9.59 Å². The molecule has 3 rings (SSSR count). The molecule has 1 fully saturated rings. The number of hydrogen-bond acceptors (Lipinski definition) is 5. The molecular weight excluding hydrogens is 266 g/mol. The van der Waals surface area contributed by atoms with Crippen molar-refractivity contribution in [3.05, 3.63) is 33.7 Å². The Hall–Kier alpha value is -1.73. The molecule has 1 saturated heterocycles. The van der Waals surface area contributed by atoms with Gasteiger partial charge in [0.05, 0.1) is 0 Å². The number of hydrogen-bond donors (Lipinski definition) is 1. The first kappa shape index (κ1) is 12.3. The summed E-state index contributed by atoms with van der Waals surface area (Å²) < 4.78 is 1.39. The van der Waals surface area contributed by atoms with Gasteiger partial charge in [0.2, 0.25) is 0 Å². The van der Waals surface area contributed by atoms with Crippen LogP contribution in [0.2, 0.25) is 0 Å². The molecule has 0 radical (unpaired) electrons. The van der Waals surface area contributed by atoms with Gasteiger partial charge in [0.25, 0.3) is 11.5 Å². The lowest BCUT2D eigenvalue weighted by Gasteiger charge is -2.15. The van der Waals surface area contributed by atoms with Crippen LogP contribution in [0.4, 0.5) is 0 Å². The zero-order valence-corrected chi connectivity index (χ0v) is 11.0. The van der Waals surface area contributed by atoms with Crippen molar-refractivity contribution in [1.29, 1.82) is 0 Å². The van der Waals surface area contributed by atoms with Crippen LogP contribution in [0.25, 0.3) is 4.96 Å². The third-order valence-corrected chi connectivity index (χ3v) is 4.18. The first-order valence-electron chi connectivity index (χ1n) is 6.05. The summed E-state index contributed by atoms with van der Waals surface area (Å²) in [5, 5.41) is 10.8. The molecule has 1 aliphatic heterocycles. The van der Waals surface area contributed by atoms with E-state index in [0.29, 0.717) is 18.1 Å². The van der Waals surface area contributed by atoms with Crippen molar-refractivity contribution < 1.29 is 9.90 Å². The SMILES string of the molecule is O=C(c1cnc2sccn2c1=O)N1CCC(CO)C1. The highest BCUT2D eigenvalue weighted by Crippen LogP contribution is 2.17. The van der Waals surface area contributed by atoms with Crippen LogP contribution in [0.15, 0.2) is 22.6 Å². The minimum Gasteiger partial charge on any atom is -0.396 e. The average molecular weight is 279 g/mol. The Kier molecular flexibility index (Phi) is 3.08. The second-order valence-electron chi connectivity index (χ2n) is 4.62. The molecule has 6 nitrogen and oxygen atoms in total. The molecule has 19 heavy (non-hydrogen) atoms. The van der Waals surface area contributed by atoms with Crippen LogP contribution in [0, 0.1) is 5.92 Å². The summed E-state index contributed by atoms with van der Waals surface area (Å²) in [6, 6.07) is 0. The van der Waals surface area contributed by atoms with Gasteiger partial charge in [-0.25, -0.2) is 4.98 Å². The molecular formula is C12H13N3O3S. The summed E-state index contributed by atoms with van der Waals surface area (Å²) >= 11 is 1.35. The van der Waals surface area contributed by atoms with Gasteiger partial charge in [-0.15, -0.1) is 11.3 Å². The number of thiazole rings is 1. The minimum atomic E-state index is -0.330. The fourth-order valence-corrected chi connectivity index (χ4v) is 2.98. The van der Waals surface area contributed by atoms with Crippen molar-refractivity contribution in [3.63, 3.8) is 0 Å². The Morgan fingerprint density at radius 3 is 3.16 bits per heavy atom. The molecule has 3 heterocycles. The quantitative estimate of drug-likeness (QED) is 0.853. The number of nitrogens with zero attached hydrogens (tertiary/aromatic N) is 3. The highest BCUT2D eigenvalue weighted by molar-refractivity contribution is 7.15. The van der Waals surface area contributed by atoms with E-state index in [2.05, 4.69) is 4.98 Å². The van der Waals surface area contributed by atoms with Gasteiger partial charge in [0.15, 0.2) is 4.96 Å². The Morgan fingerprint density at radius 2 is 2.42 bits per heavy atom. The fourth-order valence-electron chi connectivity index (χ4n) is 2.31. The molecule has 2 aromatic heterocycles. The van der Waals surface area contributed by atoms with Crippen LogP contribution < -0.4 is 5.56 Å². The van der Waals surface area contributed by atoms with Crippen LogP contribution in [-0.4, -0.2) is 45.0 Å². The maximum atomic E-state index is 12.3. The lowest BCUT2D eigenvalue weighted by Crippen LogP contribution is -2.34. The van der Waals surface area contributed by atoms with E-state index >= 15 is 0 Å². The van der Waals surface area contributed by atoms with Gasteiger partial charge in [-0.1, -0.05) is 0 Å². The second kappa shape index (κ2) is 4.75. The molecule has 2 aromatic rings. The number of aliphatic hydroxyl groups is 1. The van der Waals surface area contributed by atoms with Crippen molar-refractivity contribution >= 4 is 22.2 Å².